The van der Waals surface area contributed by atoms with Crippen LogP contribution in [0.2, 0.25) is 5.02 Å². The smallest absolute Gasteiger partial charge is 0.287 e. The first-order valence-electron chi connectivity index (χ1n) is 7.21. The Balaban J connectivity index is 1.83. The number of nitrogens with one attached hydrogen (secondary N) is 1. The summed E-state index contributed by atoms with van der Waals surface area (Å²) in [6, 6.07) is 13.1. The van der Waals surface area contributed by atoms with Gasteiger partial charge in [0.25, 0.3) is 5.91 Å². The van der Waals surface area contributed by atoms with Gasteiger partial charge in [-0.3, -0.25) is 9.59 Å². The zero-order chi connectivity index (χ0) is 17.1. The van der Waals surface area contributed by atoms with Gasteiger partial charge in [-0.1, -0.05) is 23.7 Å². The second kappa shape index (κ2) is 6.76. The second-order valence-electron chi connectivity index (χ2n) is 5.15. The minimum absolute atomic E-state index is 0.0466. The molecule has 0 aliphatic heterocycles. The van der Waals surface area contributed by atoms with E-state index in [0.717, 1.165) is 5.56 Å². The maximum atomic E-state index is 12.2. The number of hydrogen-bond acceptors (Lipinski definition) is 4. The van der Waals surface area contributed by atoms with Gasteiger partial charge in [0.05, 0.1) is 12.5 Å². The standard InChI is InChI=1S/C18H14ClNO4/c1-23-13-6-7-14-15(21)9-17(24-16(14)8-13)18(22)20-10-11-2-4-12(19)5-3-11/h2-9H,10H2,1H3,(H,20,22). The Kier molecular flexibility index (Phi) is 4.53. The van der Waals surface area contributed by atoms with E-state index in [1.807, 2.05) is 12.1 Å². The van der Waals surface area contributed by atoms with Crippen LogP contribution in [0.5, 0.6) is 5.75 Å². The van der Waals surface area contributed by atoms with Gasteiger partial charge in [0.1, 0.15) is 11.3 Å². The largest absolute Gasteiger partial charge is 0.497 e. The molecule has 1 aromatic heterocycles. The topological polar surface area (TPSA) is 68.5 Å². The van der Waals surface area contributed by atoms with Crippen LogP contribution in [0.3, 0.4) is 0 Å². The number of benzene rings is 2. The van der Waals surface area contributed by atoms with Crippen LogP contribution in [-0.2, 0) is 6.54 Å². The third-order valence-corrected chi connectivity index (χ3v) is 3.78. The number of amides is 1. The highest BCUT2D eigenvalue weighted by Crippen LogP contribution is 2.19. The predicted molar refractivity (Wildman–Crippen MR) is 91.7 cm³/mol. The van der Waals surface area contributed by atoms with Crippen molar-refractivity contribution >= 4 is 28.5 Å². The van der Waals surface area contributed by atoms with Crippen LogP contribution in [0.4, 0.5) is 0 Å². The number of methoxy groups -OCH3 is 1. The number of ether oxygens (including phenoxy) is 1. The van der Waals surface area contributed by atoms with Gasteiger partial charge < -0.3 is 14.5 Å². The Bertz CT molecular complexity index is 947. The van der Waals surface area contributed by atoms with Gasteiger partial charge in [0.15, 0.2) is 11.2 Å². The van der Waals surface area contributed by atoms with Crippen molar-refractivity contribution in [3.05, 3.63) is 75.1 Å². The maximum absolute atomic E-state index is 12.2. The maximum Gasteiger partial charge on any atom is 0.287 e. The minimum Gasteiger partial charge on any atom is -0.497 e. The summed E-state index contributed by atoms with van der Waals surface area (Å²) in [5.41, 5.74) is 0.909. The molecule has 3 aromatic rings. The van der Waals surface area contributed by atoms with Crippen molar-refractivity contribution in [3.8, 4) is 5.75 Å². The van der Waals surface area contributed by atoms with Crippen LogP contribution in [-0.4, -0.2) is 13.0 Å². The molecule has 0 bridgehead atoms. The van der Waals surface area contributed by atoms with E-state index in [9.17, 15) is 9.59 Å². The van der Waals surface area contributed by atoms with Crippen molar-refractivity contribution < 1.29 is 13.9 Å². The van der Waals surface area contributed by atoms with Gasteiger partial charge in [-0.25, -0.2) is 0 Å². The van der Waals surface area contributed by atoms with Crippen LogP contribution in [0, 0.1) is 0 Å². The highest BCUT2D eigenvalue weighted by molar-refractivity contribution is 6.30. The van der Waals surface area contributed by atoms with Gasteiger partial charge in [0.2, 0.25) is 0 Å². The Hall–Kier alpha value is -2.79. The lowest BCUT2D eigenvalue weighted by molar-refractivity contribution is 0.0923. The first-order chi connectivity index (χ1) is 11.6. The summed E-state index contributed by atoms with van der Waals surface area (Å²) in [6.07, 6.45) is 0. The molecule has 0 aliphatic carbocycles. The number of rotatable bonds is 4. The van der Waals surface area contributed by atoms with E-state index in [0.29, 0.717) is 28.3 Å². The molecule has 0 radical (unpaired) electrons. The summed E-state index contributed by atoms with van der Waals surface area (Å²) in [5, 5.41) is 3.73. The van der Waals surface area contributed by atoms with E-state index < -0.39 is 5.91 Å². The molecule has 24 heavy (non-hydrogen) atoms. The van der Waals surface area contributed by atoms with Crippen LogP contribution in [0.25, 0.3) is 11.0 Å². The number of halogens is 1. The Morgan fingerprint density at radius 2 is 1.92 bits per heavy atom. The van der Waals surface area contributed by atoms with Crippen molar-refractivity contribution in [2.75, 3.05) is 7.11 Å². The monoisotopic (exact) mass is 343 g/mol. The number of fused-ring (bicyclic) bond motifs is 1. The van der Waals surface area contributed by atoms with Crippen LogP contribution in [0.15, 0.2) is 57.7 Å². The van der Waals surface area contributed by atoms with E-state index in [1.165, 1.54) is 13.2 Å². The summed E-state index contributed by atoms with van der Waals surface area (Å²) in [5.74, 6) is 0.0332. The lowest BCUT2D eigenvalue weighted by Crippen LogP contribution is -2.24. The van der Waals surface area contributed by atoms with Gasteiger partial charge in [-0.15, -0.1) is 0 Å². The lowest BCUT2D eigenvalue weighted by Gasteiger charge is -2.06. The zero-order valence-electron chi connectivity index (χ0n) is 12.8. The first kappa shape index (κ1) is 16.1. The summed E-state index contributed by atoms with van der Waals surface area (Å²) >= 11 is 5.82. The summed E-state index contributed by atoms with van der Waals surface area (Å²) in [7, 11) is 1.52. The Morgan fingerprint density at radius 3 is 2.62 bits per heavy atom. The summed E-state index contributed by atoms with van der Waals surface area (Å²) in [4.78, 5) is 24.4. The molecule has 122 valence electrons. The van der Waals surface area contributed by atoms with Crippen molar-refractivity contribution in [1.82, 2.24) is 5.32 Å². The van der Waals surface area contributed by atoms with E-state index in [1.54, 1.807) is 30.3 Å². The SMILES string of the molecule is COc1ccc2c(=O)cc(C(=O)NCc3ccc(Cl)cc3)oc2c1. The third kappa shape index (κ3) is 3.41. The molecule has 0 atom stereocenters. The molecule has 0 spiro atoms. The highest BCUT2D eigenvalue weighted by atomic mass is 35.5. The van der Waals surface area contributed by atoms with Gasteiger partial charge in [0, 0.05) is 23.7 Å². The fourth-order valence-corrected chi connectivity index (χ4v) is 2.37. The van der Waals surface area contributed by atoms with Gasteiger partial charge >= 0.3 is 0 Å². The molecule has 0 fully saturated rings. The number of carbonyl (C=O) groups excluding carboxylic acids is 1. The molecule has 6 heteroatoms. The normalized spacial score (nSPS) is 10.6. The fourth-order valence-electron chi connectivity index (χ4n) is 2.25. The predicted octanol–water partition coefficient (Wildman–Crippen LogP) is 3.39. The molecule has 0 unspecified atom stereocenters. The number of hydrogen-bond donors (Lipinski definition) is 1. The third-order valence-electron chi connectivity index (χ3n) is 3.53. The van der Waals surface area contributed by atoms with Gasteiger partial charge in [-0.2, -0.15) is 0 Å². The first-order valence-corrected chi connectivity index (χ1v) is 7.59. The molecule has 0 saturated heterocycles. The summed E-state index contributed by atoms with van der Waals surface area (Å²) < 4.78 is 10.6. The molecule has 1 N–H and O–H groups in total. The highest BCUT2D eigenvalue weighted by Gasteiger charge is 2.12. The van der Waals surface area contributed by atoms with Crippen molar-refractivity contribution in [2.45, 2.75) is 6.54 Å². The van der Waals surface area contributed by atoms with Crippen LogP contribution < -0.4 is 15.5 Å². The lowest BCUT2D eigenvalue weighted by atomic mass is 10.2. The van der Waals surface area contributed by atoms with Gasteiger partial charge in [-0.05, 0) is 29.8 Å². The molecule has 5 nitrogen and oxygen atoms in total. The zero-order valence-corrected chi connectivity index (χ0v) is 13.6. The molecular weight excluding hydrogens is 330 g/mol. The average molecular weight is 344 g/mol. The minimum atomic E-state index is -0.466. The van der Waals surface area contributed by atoms with Crippen LogP contribution >= 0.6 is 11.6 Å². The Morgan fingerprint density at radius 1 is 1.17 bits per heavy atom. The Labute approximate surface area is 142 Å². The molecule has 2 aromatic carbocycles. The van der Waals surface area contributed by atoms with E-state index in [2.05, 4.69) is 5.32 Å². The summed E-state index contributed by atoms with van der Waals surface area (Å²) in [6.45, 7) is 0.301. The average Bonchev–Trinajstić information content (AvgIpc) is 2.60. The van der Waals surface area contributed by atoms with Crippen LogP contribution in [0.1, 0.15) is 16.1 Å². The van der Waals surface area contributed by atoms with Crippen molar-refractivity contribution in [1.29, 1.82) is 0 Å². The molecule has 0 saturated carbocycles. The molecule has 0 aliphatic rings. The van der Waals surface area contributed by atoms with Crippen molar-refractivity contribution in [2.24, 2.45) is 0 Å². The van der Waals surface area contributed by atoms with E-state index in [-0.39, 0.29) is 11.2 Å². The number of carbonyl (C=O) groups is 1. The van der Waals surface area contributed by atoms with E-state index >= 15 is 0 Å². The fraction of sp³-hybridized carbons (Fsp3) is 0.111. The van der Waals surface area contributed by atoms with Crippen molar-refractivity contribution in [3.63, 3.8) is 0 Å². The molecule has 1 heterocycles. The molecular formula is C18H14ClNO4. The van der Waals surface area contributed by atoms with E-state index in [4.69, 9.17) is 20.8 Å². The molecule has 3 rings (SSSR count). The molecule has 1 amide bonds. The quantitative estimate of drug-likeness (QED) is 0.788. The second-order valence-corrected chi connectivity index (χ2v) is 5.58.